The number of nitrogens with one attached hydrogen (secondary N) is 1. The smallest absolute Gasteiger partial charge is 0.416 e. The number of fused-ring (bicyclic) bond motifs is 1. The second-order valence-corrected chi connectivity index (χ2v) is 7.24. The van der Waals surface area contributed by atoms with Gasteiger partial charge >= 0.3 is 6.18 Å². The van der Waals surface area contributed by atoms with E-state index in [4.69, 9.17) is 9.72 Å². The minimum absolute atomic E-state index is 0.0658. The highest BCUT2D eigenvalue weighted by Crippen LogP contribution is 2.33. The maximum atomic E-state index is 13.3. The second-order valence-electron chi connectivity index (χ2n) is 7.24. The van der Waals surface area contributed by atoms with Crippen molar-refractivity contribution in [3.63, 3.8) is 0 Å². The Labute approximate surface area is 182 Å². The molecule has 0 aliphatic rings. The van der Waals surface area contributed by atoms with Gasteiger partial charge in [-0.3, -0.25) is 4.79 Å². The number of hydrogen-bond acceptors (Lipinski definition) is 3. The summed E-state index contributed by atoms with van der Waals surface area (Å²) in [5, 5.41) is 3.23. The number of anilines is 1. The van der Waals surface area contributed by atoms with E-state index in [1.807, 2.05) is 18.2 Å². The first-order chi connectivity index (χ1) is 15.3. The maximum absolute atomic E-state index is 13.3. The molecule has 4 rings (SSSR count). The molecule has 1 heterocycles. The number of pyridine rings is 1. The summed E-state index contributed by atoms with van der Waals surface area (Å²) in [5.41, 5.74) is 2.24. The first kappa shape index (κ1) is 21.4. The zero-order valence-electron chi connectivity index (χ0n) is 17.3. The Balaban J connectivity index is 1.81. The van der Waals surface area contributed by atoms with Gasteiger partial charge < -0.3 is 10.1 Å². The van der Waals surface area contributed by atoms with Gasteiger partial charge in [0.2, 0.25) is 0 Å². The van der Waals surface area contributed by atoms with Gasteiger partial charge in [0.25, 0.3) is 5.91 Å². The standard InChI is InChI=1S/C25H19F3N2O2/c1-15-22(24(31)29-18-7-5-6-17(14-18)25(26,27)28)20-8-3-4-9-21(20)30-23(15)16-10-12-19(32-2)13-11-16/h3-14H,1-2H3,(H,29,31). The summed E-state index contributed by atoms with van der Waals surface area (Å²) >= 11 is 0. The van der Waals surface area contributed by atoms with Crippen LogP contribution < -0.4 is 10.1 Å². The second kappa shape index (κ2) is 8.34. The third-order valence-electron chi connectivity index (χ3n) is 5.17. The quantitative estimate of drug-likeness (QED) is 0.398. The Morgan fingerprint density at radius 3 is 2.38 bits per heavy atom. The molecule has 0 saturated carbocycles. The molecule has 4 nitrogen and oxygen atoms in total. The van der Waals surface area contributed by atoms with Crippen LogP contribution in [0.1, 0.15) is 21.5 Å². The number of carbonyl (C=O) groups excluding carboxylic acids is 1. The molecule has 3 aromatic carbocycles. The van der Waals surface area contributed by atoms with Crippen molar-refractivity contribution in [2.45, 2.75) is 13.1 Å². The monoisotopic (exact) mass is 436 g/mol. The minimum Gasteiger partial charge on any atom is -0.497 e. The van der Waals surface area contributed by atoms with E-state index in [9.17, 15) is 18.0 Å². The number of halogens is 3. The number of aromatic nitrogens is 1. The van der Waals surface area contributed by atoms with Gasteiger partial charge in [0.15, 0.2) is 0 Å². The summed E-state index contributed by atoms with van der Waals surface area (Å²) in [6.07, 6.45) is -4.50. The summed E-state index contributed by atoms with van der Waals surface area (Å²) in [7, 11) is 1.57. The van der Waals surface area contributed by atoms with E-state index in [0.717, 1.165) is 17.7 Å². The van der Waals surface area contributed by atoms with Crippen LogP contribution in [0.2, 0.25) is 0 Å². The number of carbonyl (C=O) groups is 1. The molecule has 0 spiro atoms. The maximum Gasteiger partial charge on any atom is 0.416 e. The molecule has 1 N–H and O–H groups in total. The van der Waals surface area contributed by atoms with Gasteiger partial charge in [-0.05, 0) is 61.0 Å². The number of benzene rings is 3. The lowest BCUT2D eigenvalue weighted by molar-refractivity contribution is -0.137. The van der Waals surface area contributed by atoms with E-state index in [1.54, 1.807) is 44.4 Å². The van der Waals surface area contributed by atoms with Crippen molar-refractivity contribution in [1.82, 2.24) is 4.98 Å². The number of alkyl halides is 3. The van der Waals surface area contributed by atoms with E-state index in [2.05, 4.69) is 5.32 Å². The highest BCUT2D eigenvalue weighted by Gasteiger charge is 2.30. The van der Waals surface area contributed by atoms with Crippen molar-refractivity contribution in [3.05, 3.63) is 89.5 Å². The molecule has 7 heteroatoms. The lowest BCUT2D eigenvalue weighted by Crippen LogP contribution is -2.16. The summed E-state index contributed by atoms with van der Waals surface area (Å²) in [4.78, 5) is 18.0. The van der Waals surface area contributed by atoms with E-state index in [-0.39, 0.29) is 5.69 Å². The van der Waals surface area contributed by atoms with Crippen molar-refractivity contribution in [2.24, 2.45) is 0 Å². The first-order valence-corrected chi connectivity index (χ1v) is 9.80. The normalized spacial score (nSPS) is 11.4. The lowest BCUT2D eigenvalue weighted by Gasteiger charge is -2.16. The number of nitrogens with zero attached hydrogens (tertiary/aromatic N) is 1. The van der Waals surface area contributed by atoms with Crippen molar-refractivity contribution in [1.29, 1.82) is 0 Å². The van der Waals surface area contributed by atoms with E-state index < -0.39 is 17.6 Å². The molecule has 0 saturated heterocycles. The first-order valence-electron chi connectivity index (χ1n) is 9.80. The molecule has 1 amide bonds. The fourth-order valence-electron chi connectivity index (χ4n) is 3.60. The minimum atomic E-state index is -4.50. The van der Waals surface area contributed by atoms with Gasteiger partial charge in [-0.2, -0.15) is 13.2 Å². The lowest BCUT2D eigenvalue weighted by atomic mass is 9.97. The van der Waals surface area contributed by atoms with E-state index in [1.165, 1.54) is 12.1 Å². The summed E-state index contributed by atoms with van der Waals surface area (Å²) < 4.78 is 44.4. The largest absolute Gasteiger partial charge is 0.497 e. The predicted octanol–water partition coefficient (Wildman–Crippen LogP) is 6.49. The molecule has 0 fully saturated rings. The highest BCUT2D eigenvalue weighted by molar-refractivity contribution is 6.14. The average Bonchev–Trinajstić information content (AvgIpc) is 2.78. The van der Waals surface area contributed by atoms with Gasteiger partial charge in [-0.15, -0.1) is 0 Å². The van der Waals surface area contributed by atoms with Crippen LogP contribution in [0.5, 0.6) is 5.75 Å². The molecule has 162 valence electrons. The van der Waals surface area contributed by atoms with Crippen molar-refractivity contribution >= 4 is 22.5 Å². The topological polar surface area (TPSA) is 51.2 Å². The molecule has 4 aromatic rings. The molecule has 0 atom stereocenters. The number of rotatable bonds is 4. The number of ether oxygens (including phenoxy) is 1. The van der Waals surface area contributed by atoms with Crippen LogP contribution in [0.25, 0.3) is 22.2 Å². The third kappa shape index (κ3) is 4.14. The number of para-hydroxylation sites is 1. The van der Waals surface area contributed by atoms with Crippen LogP contribution in [0.3, 0.4) is 0 Å². The van der Waals surface area contributed by atoms with Gasteiger partial charge in [0, 0.05) is 16.6 Å². The van der Waals surface area contributed by atoms with E-state index >= 15 is 0 Å². The average molecular weight is 436 g/mol. The van der Waals surface area contributed by atoms with Crippen LogP contribution in [0.4, 0.5) is 18.9 Å². The molecular formula is C25H19F3N2O2. The van der Waals surface area contributed by atoms with Crippen LogP contribution >= 0.6 is 0 Å². The van der Waals surface area contributed by atoms with Crippen LogP contribution in [-0.2, 0) is 6.18 Å². The fourth-order valence-corrected chi connectivity index (χ4v) is 3.60. The Hall–Kier alpha value is -3.87. The highest BCUT2D eigenvalue weighted by atomic mass is 19.4. The molecule has 1 aromatic heterocycles. The summed E-state index contributed by atoms with van der Waals surface area (Å²) in [6, 6.07) is 19.0. The predicted molar refractivity (Wildman–Crippen MR) is 118 cm³/mol. The van der Waals surface area contributed by atoms with Gasteiger partial charge in [0.05, 0.1) is 29.4 Å². The number of methoxy groups -OCH3 is 1. The molecule has 0 unspecified atom stereocenters. The molecule has 0 aliphatic heterocycles. The van der Waals surface area contributed by atoms with Crippen LogP contribution in [0, 0.1) is 6.92 Å². The number of amides is 1. The van der Waals surface area contributed by atoms with Crippen LogP contribution in [0.15, 0.2) is 72.8 Å². The fraction of sp³-hybridized carbons (Fsp3) is 0.120. The van der Waals surface area contributed by atoms with Crippen molar-refractivity contribution in [2.75, 3.05) is 12.4 Å². The summed E-state index contributed by atoms with van der Waals surface area (Å²) in [6.45, 7) is 1.78. The zero-order valence-corrected chi connectivity index (χ0v) is 17.3. The van der Waals surface area contributed by atoms with Gasteiger partial charge in [0.1, 0.15) is 5.75 Å². The SMILES string of the molecule is COc1ccc(-c2nc3ccccc3c(C(=O)Nc3cccc(C(F)(F)F)c3)c2C)cc1. The molecule has 32 heavy (non-hydrogen) atoms. The Kier molecular flexibility index (Phi) is 5.57. The number of hydrogen-bond donors (Lipinski definition) is 1. The molecule has 0 aliphatic carbocycles. The Morgan fingerprint density at radius 1 is 0.969 bits per heavy atom. The van der Waals surface area contributed by atoms with Gasteiger partial charge in [-0.1, -0.05) is 24.3 Å². The summed E-state index contributed by atoms with van der Waals surface area (Å²) in [5.74, 6) is 0.185. The molecular weight excluding hydrogens is 417 g/mol. The Morgan fingerprint density at radius 2 is 1.69 bits per heavy atom. The van der Waals surface area contributed by atoms with Gasteiger partial charge in [-0.25, -0.2) is 4.98 Å². The third-order valence-corrected chi connectivity index (χ3v) is 5.17. The molecule has 0 radical (unpaired) electrons. The van der Waals surface area contributed by atoms with Crippen LogP contribution in [-0.4, -0.2) is 18.0 Å². The van der Waals surface area contributed by atoms with Crippen molar-refractivity contribution < 1.29 is 22.7 Å². The van der Waals surface area contributed by atoms with Crippen molar-refractivity contribution in [3.8, 4) is 17.0 Å². The zero-order chi connectivity index (χ0) is 22.9. The molecule has 0 bridgehead atoms. The Bertz CT molecular complexity index is 1300. The van der Waals surface area contributed by atoms with E-state index in [0.29, 0.717) is 33.5 Å².